The first-order valence-electron chi connectivity index (χ1n) is 5.58. The smallest absolute Gasteiger partial charge is 0.196 e. The maximum atomic E-state index is 12.4. The van der Waals surface area contributed by atoms with Gasteiger partial charge in [-0.1, -0.05) is 24.3 Å². The molecule has 3 heteroatoms. The Morgan fingerprint density at radius 2 is 1.72 bits per heavy atom. The van der Waals surface area contributed by atoms with E-state index in [0.29, 0.717) is 22.6 Å². The Labute approximate surface area is 106 Å². The summed E-state index contributed by atoms with van der Waals surface area (Å²) in [5.74, 6) is 1.16. The predicted octanol–water partition coefficient (Wildman–Crippen LogP) is 2.93. The van der Waals surface area contributed by atoms with E-state index in [4.69, 9.17) is 9.47 Å². The molecule has 2 aromatic rings. The summed E-state index contributed by atoms with van der Waals surface area (Å²) in [6, 6.07) is 14.2. The maximum Gasteiger partial charge on any atom is 0.196 e. The average molecular weight is 242 g/mol. The highest BCUT2D eigenvalue weighted by atomic mass is 16.5. The van der Waals surface area contributed by atoms with Gasteiger partial charge >= 0.3 is 0 Å². The molecule has 0 aliphatic rings. The summed E-state index contributed by atoms with van der Waals surface area (Å²) in [7, 11) is 3.13. The second kappa shape index (κ2) is 5.36. The number of hydrogen-bond acceptors (Lipinski definition) is 3. The highest BCUT2D eigenvalue weighted by molar-refractivity contribution is 6.10. The molecule has 0 saturated carbocycles. The first-order valence-corrected chi connectivity index (χ1v) is 5.58. The van der Waals surface area contributed by atoms with Gasteiger partial charge in [-0.15, -0.1) is 0 Å². The highest BCUT2D eigenvalue weighted by Gasteiger charge is 2.14. The van der Waals surface area contributed by atoms with Gasteiger partial charge in [-0.05, 0) is 24.3 Å². The fraction of sp³-hybridized carbons (Fsp3) is 0.133. The van der Waals surface area contributed by atoms with Crippen LogP contribution in [-0.2, 0) is 0 Å². The van der Waals surface area contributed by atoms with Gasteiger partial charge in [0.15, 0.2) is 5.78 Å². The lowest BCUT2D eigenvalue weighted by Crippen LogP contribution is -2.03. The lowest BCUT2D eigenvalue weighted by atomic mass is 10.0. The number of carbonyl (C=O) groups is 1. The highest BCUT2D eigenvalue weighted by Crippen LogP contribution is 2.22. The standard InChI is InChI=1S/C15H14O3/c1-17-12-7-5-6-11(10-12)15(16)13-8-3-4-9-14(13)18-2/h3-10H,1-2H3. The van der Waals surface area contributed by atoms with E-state index in [0.717, 1.165) is 0 Å². The summed E-state index contributed by atoms with van der Waals surface area (Å²) in [6.45, 7) is 0. The molecule has 0 unspecified atom stereocenters. The molecular weight excluding hydrogens is 228 g/mol. The zero-order valence-electron chi connectivity index (χ0n) is 10.3. The molecule has 0 atom stereocenters. The van der Waals surface area contributed by atoms with Gasteiger partial charge in [-0.3, -0.25) is 4.79 Å². The van der Waals surface area contributed by atoms with E-state index in [1.807, 2.05) is 12.1 Å². The van der Waals surface area contributed by atoms with Crippen LogP contribution < -0.4 is 9.47 Å². The zero-order chi connectivity index (χ0) is 13.0. The molecule has 0 aliphatic carbocycles. The van der Waals surface area contributed by atoms with Crippen LogP contribution in [0, 0.1) is 0 Å². The quantitative estimate of drug-likeness (QED) is 0.773. The Morgan fingerprint density at radius 1 is 0.944 bits per heavy atom. The summed E-state index contributed by atoms with van der Waals surface area (Å²) in [5.41, 5.74) is 1.13. The topological polar surface area (TPSA) is 35.5 Å². The van der Waals surface area contributed by atoms with Gasteiger partial charge in [-0.25, -0.2) is 0 Å². The normalized spacial score (nSPS) is 9.89. The molecule has 92 valence electrons. The molecule has 0 aliphatic heterocycles. The lowest BCUT2D eigenvalue weighted by Gasteiger charge is -2.08. The van der Waals surface area contributed by atoms with Gasteiger partial charge in [0.2, 0.25) is 0 Å². The van der Waals surface area contributed by atoms with Crippen LogP contribution in [0.25, 0.3) is 0 Å². The molecule has 3 nitrogen and oxygen atoms in total. The van der Waals surface area contributed by atoms with Crippen molar-refractivity contribution in [2.75, 3.05) is 14.2 Å². The van der Waals surface area contributed by atoms with E-state index in [-0.39, 0.29) is 5.78 Å². The van der Waals surface area contributed by atoms with Crippen LogP contribution in [0.4, 0.5) is 0 Å². The Morgan fingerprint density at radius 3 is 2.44 bits per heavy atom. The minimum absolute atomic E-state index is 0.0775. The molecule has 0 amide bonds. The third-order valence-corrected chi connectivity index (χ3v) is 2.68. The molecule has 2 aromatic carbocycles. The molecule has 0 saturated heterocycles. The Balaban J connectivity index is 2.41. The number of ether oxygens (including phenoxy) is 2. The number of rotatable bonds is 4. The molecule has 0 spiro atoms. The summed E-state index contributed by atoms with van der Waals surface area (Å²) in [5, 5.41) is 0. The van der Waals surface area contributed by atoms with Gasteiger partial charge in [0.25, 0.3) is 0 Å². The molecular formula is C15H14O3. The Bertz CT molecular complexity index is 561. The summed E-state index contributed by atoms with van der Waals surface area (Å²) < 4.78 is 10.3. The maximum absolute atomic E-state index is 12.4. The summed E-state index contributed by atoms with van der Waals surface area (Å²) in [4.78, 5) is 12.4. The van der Waals surface area contributed by atoms with Crippen molar-refractivity contribution in [1.29, 1.82) is 0 Å². The lowest BCUT2D eigenvalue weighted by molar-refractivity contribution is 0.103. The Hall–Kier alpha value is -2.29. The predicted molar refractivity (Wildman–Crippen MR) is 69.4 cm³/mol. The molecule has 18 heavy (non-hydrogen) atoms. The molecule has 0 N–H and O–H groups in total. The van der Waals surface area contributed by atoms with Crippen LogP contribution in [0.2, 0.25) is 0 Å². The van der Waals surface area contributed by atoms with Gasteiger partial charge in [0, 0.05) is 5.56 Å². The molecule has 0 bridgehead atoms. The fourth-order valence-corrected chi connectivity index (χ4v) is 1.75. The van der Waals surface area contributed by atoms with Gasteiger partial charge in [0.1, 0.15) is 11.5 Å². The van der Waals surface area contributed by atoms with Gasteiger partial charge < -0.3 is 9.47 Å². The van der Waals surface area contributed by atoms with Crippen LogP contribution in [0.15, 0.2) is 48.5 Å². The van der Waals surface area contributed by atoms with E-state index < -0.39 is 0 Å². The SMILES string of the molecule is COc1cccc(C(=O)c2ccccc2OC)c1. The first kappa shape index (κ1) is 12.2. The molecule has 0 fully saturated rings. The van der Waals surface area contributed by atoms with Crippen molar-refractivity contribution in [1.82, 2.24) is 0 Å². The molecule has 0 heterocycles. The minimum Gasteiger partial charge on any atom is -0.497 e. The zero-order valence-corrected chi connectivity index (χ0v) is 10.3. The van der Waals surface area contributed by atoms with Crippen LogP contribution in [-0.4, -0.2) is 20.0 Å². The van der Waals surface area contributed by atoms with Gasteiger partial charge in [-0.2, -0.15) is 0 Å². The van der Waals surface area contributed by atoms with Crippen LogP contribution in [0.5, 0.6) is 11.5 Å². The number of ketones is 1. The average Bonchev–Trinajstić information content (AvgIpc) is 2.46. The van der Waals surface area contributed by atoms with Crippen molar-refractivity contribution >= 4 is 5.78 Å². The van der Waals surface area contributed by atoms with Crippen LogP contribution >= 0.6 is 0 Å². The van der Waals surface area contributed by atoms with Crippen molar-refractivity contribution in [3.05, 3.63) is 59.7 Å². The van der Waals surface area contributed by atoms with E-state index in [2.05, 4.69) is 0 Å². The van der Waals surface area contributed by atoms with Crippen molar-refractivity contribution in [2.24, 2.45) is 0 Å². The monoisotopic (exact) mass is 242 g/mol. The number of carbonyl (C=O) groups excluding carboxylic acids is 1. The third-order valence-electron chi connectivity index (χ3n) is 2.68. The Kier molecular flexibility index (Phi) is 3.63. The van der Waals surface area contributed by atoms with E-state index in [1.165, 1.54) is 0 Å². The number of methoxy groups -OCH3 is 2. The van der Waals surface area contributed by atoms with Crippen molar-refractivity contribution in [3.63, 3.8) is 0 Å². The van der Waals surface area contributed by atoms with Crippen molar-refractivity contribution in [2.45, 2.75) is 0 Å². The molecule has 0 aromatic heterocycles. The van der Waals surface area contributed by atoms with Crippen molar-refractivity contribution in [3.8, 4) is 11.5 Å². The second-order valence-electron chi connectivity index (χ2n) is 3.76. The van der Waals surface area contributed by atoms with E-state index in [1.54, 1.807) is 50.6 Å². The fourth-order valence-electron chi connectivity index (χ4n) is 1.75. The van der Waals surface area contributed by atoms with E-state index >= 15 is 0 Å². The summed E-state index contributed by atoms with van der Waals surface area (Å²) in [6.07, 6.45) is 0. The number of hydrogen-bond donors (Lipinski definition) is 0. The first-order chi connectivity index (χ1) is 8.76. The third kappa shape index (κ3) is 2.35. The van der Waals surface area contributed by atoms with Gasteiger partial charge in [0.05, 0.1) is 19.8 Å². The van der Waals surface area contributed by atoms with Crippen molar-refractivity contribution < 1.29 is 14.3 Å². The number of benzene rings is 2. The van der Waals surface area contributed by atoms with E-state index in [9.17, 15) is 4.79 Å². The summed E-state index contributed by atoms with van der Waals surface area (Å²) >= 11 is 0. The molecule has 0 radical (unpaired) electrons. The number of para-hydroxylation sites is 1. The largest absolute Gasteiger partial charge is 0.497 e. The minimum atomic E-state index is -0.0775. The second-order valence-corrected chi connectivity index (χ2v) is 3.76. The van der Waals surface area contributed by atoms with Crippen LogP contribution in [0.1, 0.15) is 15.9 Å². The molecule has 2 rings (SSSR count). The van der Waals surface area contributed by atoms with Crippen LogP contribution in [0.3, 0.4) is 0 Å².